The molecule has 0 aromatic carbocycles. The number of nitrogens with zero attached hydrogens (tertiary/aromatic N) is 1. The van der Waals surface area contributed by atoms with E-state index in [2.05, 4.69) is 0 Å². The van der Waals surface area contributed by atoms with E-state index in [1.807, 2.05) is 39.3 Å². The van der Waals surface area contributed by atoms with Gasteiger partial charge in [-0.2, -0.15) is 0 Å². The fourth-order valence-corrected chi connectivity index (χ4v) is 1.36. The predicted octanol–water partition coefficient (Wildman–Crippen LogP) is 2.14. The van der Waals surface area contributed by atoms with Crippen molar-refractivity contribution in [1.29, 1.82) is 0 Å². The van der Waals surface area contributed by atoms with Crippen molar-refractivity contribution in [2.24, 2.45) is 0 Å². The smallest absolute Gasteiger partial charge is 0.303 e. The van der Waals surface area contributed by atoms with Crippen LogP contribution in [0.4, 0.5) is 0 Å². The highest BCUT2D eigenvalue weighted by Gasteiger charge is 1.98. The third-order valence-electron chi connectivity index (χ3n) is 1.16. The van der Waals surface area contributed by atoms with Gasteiger partial charge in [-0.1, -0.05) is 25.2 Å². The van der Waals surface area contributed by atoms with Crippen LogP contribution in [0.3, 0.4) is 0 Å². The molecule has 0 amide bonds. The van der Waals surface area contributed by atoms with Gasteiger partial charge in [0.05, 0.1) is 0 Å². The number of rotatable bonds is 1. The van der Waals surface area contributed by atoms with E-state index < -0.39 is 0 Å². The highest BCUT2D eigenvalue weighted by molar-refractivity contribution is 7.07. The van der Waals surface area contributed by atoms with Crippen molar-refractivity contribution in [3.63, 3.8) is 0 Å². The van der Waals surface area contributed by atoms with Gasteiger partial charge in [-0.05, 0) is 13.8 Å². The Bertz CT molecular complexity index is 241. The lowest BCUT2D eigenvalue weighted by Gasteiger charge is -2.01. The fraction of sp³-hybridized carbons (Fsp3) is 0.625. The Kier molecular flexibility index (Phi) is 8.38. The lowest BCUT2D eigenvalue weighted by molar-refractivity contribution is 0.591. The zero-order chi connectivity index (χ0) is 8.85. The van der Waals surface area contributed by atoms with Gasteiger partial charge >= 0.3 is 4.87 Å². The summed E-state index contributed by atoms with van der Waals surface area (Å²) >= 11 is 1.24. The third kappa shape index (κ3) is 3.76. The first-order valence-corrected chi connectivity index (χ1v) is 4.75. The van der Waals surface area contributed by atoms with E-state index in [0.29, 0.717) is 6.04 Å². The monoisotopic (exact) mass is 184 g/mol. The summed E-state index contributed by atoms with van der Waals surface area (Å²) in [5, 5.41) is 1.81. The molecule has 0 N–H and O–H groups in total. The van der Waals surface area contributed by atoms with Crippen LogP contribution in [0, 0.1) is 0 Å². The Labute approximate surface area is 79.8 Å². The van der Waals surface area contributed by atoms with Gasteiger partial charge in [0.2, 0.25) is 0 Å². The maximum atomic E-state index is 10.8. The van der Waals surface area contributed by atoms with E-state index in [1.165, 1.54) is 11.3 Å². The van der Waals surface area contributed by atoms with Crippen LogP contribution in [0.5, 0.6) is 0 Å². The van der Waals surface area contributed by atoms with Crippen LogP contribution in [0.25, 0.3) is 0 Å². The molecule has 0 fully saturated rings. The zero-order valence-corrected chi connectivity index (χ0v) is 8.89. The maximum absolute atomic E-state index is 10.8. The van der Waals surface area contributed by atoms with Gasteiger partial charge in [-0.15, -0.1) is 0 Å². The molecule has 1 heterocycles. The molecule has 2 nitrogen and oxygen atoms in total. The minimum absolute atomic E-state index is 0. The van der Waals surface area contributed by atoms with Crippen LogP contribution in [-0.2, 0) is 0 Å². The van der Waals surface area contributed by atoms with Crippen molar-refractivity contribution < 1.29 is 0 Å². The molecule has 0 aliphatic carbocycles. The number of hydrogen-bond donors (Lipinski definition) is 0. The minimum atomic E-state index is 0. The maximum Gasteiger partial charge on any atom is 0.307 e. The van der Waals surface area contributed by atoms with Gasteiger partial charge in [0.25, 0.3) is 0 Å². The van der Waals surface area contributed by atoms with Crippen molar-refractivity contribution in [3.8, 4) is 0 Å². The second-order valence-electron chi connectivity index (χ2n) is 2.17. The van der Waals surface area contributed by atoms with E-state index in [1.54, 1.807) is 4.57 Å². The summed E-state index contributed by atoms with van der Waals surface area (Å²) in [7, 11) is 0. The van der Waals surface area contributed by atoms with Crippen LogP contribution < -0.4 is 4.87 Å². The quantitative estimate of drug-likeness (QED) is 0.613. The Hall–Kier alpha value is -0.505. The second kappa shape index (κ2) is 7.16. The van der Waals surface area contributed by atoms with Gasteiger partial charge in [0.15, 0.2) is 0 Å². The molecule has 1 aromatic heterocycles. The lowest BCUT2D eigenvalue weighted by atomic mass is 10.4. The Morgan fingerprint density at radius 2 is 1.92 bits per heavy atom. The number of thiazole rings is 1. The van der Waals surface area contributed by atoms with Crippen LogP contribution in [-0.4, -0.2) is 13.0 Å². The van der Waals surface area contributed by atoms with Crippen molar-refractivity contribution in [3.05, 3.63) is 21.2 Å². The topological polar surface area (TPSA) is 22.0 Å². The molecule has 0 bridgehead atoms. The number of hydrogen-bond acceptors (Lipinski definition) is 2. The predicted molar refractivity (Wildman–Crippen MR) is 56.1 cm³/mol. The van der Waals surface area contributed by atoms with Gasteiger partial charge in [-0.25, -0.2) is 0 Å². The summed E-state index contributed by atoms with van der Waals surface area (Å²) in [6.07, 6.45) is 1.82. The molecule has 0 saturated heterocycles. The summed E-state index contributed by atoms with van der Waals surface area (Å²) in [4.78, 5) is 11.0. The molecule has 0 atom stereocenters. The lowest BCUT2D eigenvalue weighted by Crippen LogP contribution is -2.13. The molecule has 0 aliphatic rings. The summed E-state index contributed by atoms with van der Waals surface area (Å²) in [6, 6.07) is 0.295. The summed E-state index contributed by atoms with van der Waals surface area (Å²) in [5.74, 6) is 0. The van der Waals surface area contributed by atoms with E-state index in [0.717, 1.165) is 0 Å². The average Bonchev–Trinajstić information content (AvgIpc) is 2.39. The molecule has 12 heavy (non-hydrogen) atoms. The molecule has 0 spiro atoms. The average molecular weight is 184 g/mol. The minimum Gasteiger partial charge on any atom is -0.303 e. The van der Waals surface area contributed by atoms with Gasteiger partial charge in [-0.3, -0.25) is 4.79 Å². The molecule has 4 heteroatoms. The molecule has 0 saturated carbocycles. The first-order chi connectivity index (χ1) is 5.22. The molecule has 1 rings (SSSR count). The van der Waals surface area contributed by atoms with Gasteiger partial charge in [0.1, 0.15) is 0 Å². The molecular weight excluding hydrogens is 169 g/mol. The second-order valence-corrected chi connectivity index (χ2v) is 3.03. The Morgan fingerprint density at radius 1 is 1.42 bits per heavy atom. The first kappa shape index (κ1) is 14.0. The van der Waals surface area contributed by atoms with Gasteiger partial charge < -0.3 is 4.57 Å². The number of aromatic nitrogens is 1. The first-order valence-electron chi connectivity index (χ1n) is 3.87. The van der Waals surface area contributed by atoms with E-state index in [-0.39, 0.29) is 13.3 Å². The van der Waals surface area contributed by atoms with Gasteiger partial charge in [0, 0.05) is 26.0 Å². The van der Waals surface area contributed by atoms with E-state index in [4.69, 9.17) is 0 Å². The molecule has 0 aliphatic heterocycles. The van der Waals surface area contributed by atoms with Crippen LogP contribution in [0.2, 0.25) is 0 Å². The highest BCUT2D eigenvalue weighted by atomic mass is 32.1. The molecule has 1 aromatic rings. The molecule has 67 valence electrons. The van der Waals surface area contributed by atoms with Crippen molar-refractivity contribution in [2.45, 2.75) is 33.7 Å². The Morgan fingerprint density at radius 3 is 2.08 bits per heavy atom. The van der Waals surface area contributed by atoms with Crippen molar-refractivity contribution in [1.82, 2.24) is 4.57 Å². The third-order valence-corrected chi connectivity index (χ3v) is 1.83. The van der Waals surface area contributed by atoms with E-state index >= 15 is 0 Å². The standard InChI is InChI=1S/C6H9NOS.C2H6.B/c1-5(2)7-3-4-9-6(7)8;1-2;/h3-5H,1-2H3;1-2H3;. The SMILES string of the molecule is CC.CC(C)n1ccsc1=O.[B]. The molecule has 0 unspecified atom stereocenters. The van der Waals surface area contributed by atoms with Crippen LogP contribution in [0.15, 0.2) is 16.4 Å². The summed E-state index contributed by atoms with van der Waals surface area (Å²) in [6.45, 7) is 7.99. The van der Waals surface area contributed by atoms with Crippen molar-refractivity contribution >= 4 is 19.7 Å². The summed E-state index contributed by atoms with van der Waals surface area (Å²) in [5.41, 5.74) is 0. The largest absolute Gasteiger partial charge is 0.307 e. The zero-order valence-electron chi connectivity index (χ0n) is 8.07. The summed E-state index contributed by atoms with van der Waals surface area (Å²) < 4.78 is 1.71. The van der Waals surface area contributed by atoms with Crippen LogP contribution >= 0.6 is 11.3 Å². The Balaban J connectivity index is 0. The fourth-order valence-electron chi connectivity index (χ4n) is 0.659. The van der Waals surface area contributed by atoms with Crippen LogP contribution in [0.1, 0.15) is 33.7 Å². The molecule has 3 radical (unpaired) electrons. The van der Waals surface area contributed by atoms with Crippen molar-refractivity contribution in [2.75, 3.05) is 0 Å². The normalized spacial score (nSPS) is 8.42. The molecular formula is C8H15BNOS. The highest BCUT2D eigenvalue weighted by Crippen LogP contribution is 2.00. The van der Waals surface area contributed by atoms with E-state index in [9.17, 15) is 4.79 Å².